The second-order valence-electron chi connectivity index (χ2n) is 7.66. The van der Waals surface area contributed by atoms with Gasteiger partial charge in [0, 0.05) is 12.5 Å². The molecule has 126 valence electrons. The molecular formula is C19H27NO3. The Balaban J connectivity index is 1.98. The highest BCUT2D eigenvalue weighted by Crippen LogP contribution is 2.41. The van der Waals surface area contributed by atoms with Gasteiger partial charge in [-0.3, -0.25) is 9.59 Å². The van der Waals surface area contributed by atoms with Gasteiger partial charge >= 0.3 is 5.97 Å². The lowest BCUT2D eigenvalue weighted by atomic mass is 9.68. The Labute approximate surface area is 138 Å². The molecule has 0 heterocycles. The van der Waals surface area contributed by atoms with Crippen LogP contribution >= 0.6 is 0 Å². The Hall–Kier alpha value is -1.84. The minimum absolute atomic E-state index is 0.00759. The van der Waals surface area contributed by atoms with Crippen LogP contribution in [0, 0.1) is 17.3 Å². The first kappa shape index (κ1) is 17.5. The lowest BCUT2D eigenvalue weighted by Gasteiger charge is -2.38. The standard InChI is InChI=1S/C19H27NO3/c1-13-9-15(11-19(2,3)10-13)17(21)20-12-16(18(22)23)14-7-5-4-6-8-14/h4-8,13,15-16H,9-12H2,1-3H3,(H,20,21)(H,22,23). The molecule has 4 heteroatoms. The third-order valence-corrected chi connectivity index (χ3v) is 4.74. The van der Waals surface area contributed by atoms with Gasteiger partial charge in [0.05, 0.1) is 5.92 Å². The number of benzene rings is 1. The van der Waals surface area contributed by atoms with Gasteiger partial charge < -0.3 is 10.4 Å². The van der Waals surface area contributed by atoms with Gasteiger partial charge in [-0.05, 0) is 36.2 Å². The molecular weight excluding hydrogens is 290 g/mol. The normalized spacial score (nSPS) is 24.7. The third kappa shape index (κ3) is 4.81. The van der Waals surface area contributed by atoms with Crippen molar-refractivity contribution in [1.29, 1.82) is 0 Å². The fourth-order valence-electron chi connectivity index (χ4n) is 3.93. The van der Waals surface area contributed by atoms with Crippen LogP contribution in [0.2, 0.25) is 0 Å². The number of nitrogens with one attached hydrogen (secondary N) is 1. The van der Waals surface area contributed by atoms with Crippen molar-refractivity contribution in [3.05, 3.63) is 35.9 Å². The summed E-state index contributed by atoms with van der Waals surface area (Å²) < 4.78 is 0. The van der Waals surface area contributed by atoms with Crippen LogP contribution in [0.15, 0.2) is 30.3 Å². The van der Waals surface area contributed by atoms with Gasteiger partial charge in [0.25, 0.3) is 0 Å². The molecule has 2 rings (SSSR count). The smallest absolute Gasteiger partial charge is 0.312 e. The topological polar surface area (TPSA) is 66.4 Å². The minimum atomic E-state index is -0.908. The fourth-order valence-corrected chi connectivity index (χ4v) is 3.93. The molecule has 1 aliphatic carbocycles. The van der Waals surface area contributed by atoms with Crippen molar-refractivity contribution in [1.82, 2.24) is 5.32 Å². The average Bonchev–Trinajstić information content (AvgIpc) is 2.46. The summed E-state index contributed by atoms with van der Waals surface area (Å²) in [7, 11) is 0. The Bertz CT molecular complexity index is 553. The van der Waals surface area contributed by atoms with E-state index in [1.807, 2.05) is 18.2 Å². The summed E-state index contributed by atoms with van der Waals surface area (Å²) in [5.41, 5.74) is 0.892. The molecule has 1 aromatic carbocycles. The van der Waals surface area contributed by atoms with E-state index in [2.05, 4.69) is 26.1 Å². The molecule has 1 fully saturated rings. The maximum atomic E-state index is 12.5. The van der Waals surface area contributed by atoms with Crippen LogP contribution in [0.25, 0.3) is 0 Å². The van der Waals surface area contributed by atoms with Crippen LogP contribution < -0.4 is 5.32 Å². The van der Waals surface area contributed by atoms with Crippen molar-refractivity contribution < 1.29 is 14.7 Å². The van der Waals surface area contributed by atoms with Gasteiger partial charge in [-0.1, -0.05) is 51.1 Å². The monoisotopic (exact) mass is 317 g/mol. The molecule has 0 spiro atoms. The molecule has 1 aromatic rings. The molecule has 1 amide bonds. The number of carbonyl (C=O) groups is 2. The first-order valence-corrected chi connectivity index (χ1v) is 8.34. The maximum Gasteiger partial charge on any atom is 0.312 e. The average molecular weight is 317 g/mol. The first-order chi connectivity index (χ1) is 10.8. The molecule has 3 atom stereocenters. The van der Waals surface area contributed by atoms with E-state index < -0.39 is 11.9 Å². The maximum absolute atomic E-state index is 12.5. The van der Waals surface area contributed by atoms with Gasteiger partial charge in [0.15, 0.2) is 0 Å². The summed E-state index contributed by atoms with van der Waals surface area (Å²) >= 11 is 0. The van der Waals surface area contributed by atoms with Crippen LogP contribution in [-0.4, -0.2) is 23.5 Å². The lowest BCUT2D eigenvalue weighted by Crippen LogP contribution is -2.40. The van der Waals surface area contributed by atoms with Gasteiger partial charge in [-0.25, -0.2) is 0 Å². The highest BCUT2D eigenvalue weighted by molar-refractivity contribution is 5.81. The molecule has 0 saturated heterocycles. The second kappa shape index (κ2) is 7.16. The second-order valence-corrected chi connectivity index (χ2v) is 7.66. The van der Waals surface area contributed by atoms with Crippen LogP contribution in [-0.2, 0) is 9.59 Å². The van der Waals surface area contributed by atoms with Crippen LogP contribution in [0.5, 0.6) is 0 Å². The largest absolute Gasteiger partial charge is 0.481 e. The van der Waals surface area contributed by atoms with Crippen molar-refractivity contribution >= 4 is 11.9 Å². The number of carboxylic acids is 1. The predicted octanol–water partition coefficient (Wildman–Crippen LogP) is 3.43. The molecule has 1 saturated carbocycles. The van der Waals surface area contributed by atoms with Crippen molar-refractivity contribution in [2.75, 3.05) is 6.54 Å². The van der Waals surface area contributed by atoms with Crippen molar-refractivity contribution in [3.63, 3.8) is 0 Å². The summed E-state index contributed by atoms with van der Waals surface area (Å²) in [6, 6.07) is 9.07. The highest BCUT2D eigenvalue weighted by Gasteiger charge is 2.35. The highest BCUT2D eigenvalue weighted by atomic mass is 16.4. The minimum Gasteiger partial charge on any atom is -0.481 e. The molecule has 0 aromatic heterocycles. The number of hydrogen-bond acceptors (Lipinski definition) is 2. The molecule has 2 N–H and O–H groups in total. The van der Waals surface area contributed by atoms with E-state index in [0.717, 1.165) is 24.8 Å². The Morgan fingerprint density at radius 2 is 1.91 bits per heavy atom. The summed E-state index contributed by atoms with van der Waals surface area (Å²) in [6.07, 6.45) is 2.89. The third-order valence-electron chi connectivity index (χ3n) is 4.74. The summed E-state index contributed by atoms with van der Waals surface area (Å²) in [5, 5.41) is 12.3. The van der Waals surface area contributed by atoms with Crippen molar-refractivity contribution in [2.45, 2.75) is 46.0 Å². The van der Waals surface area contributed by atoms with Gasteiger partial charge in [-0.2, -0.15) is 0 Å². The van der Waals surface area contributed by atoms with Gasteiger partial charge in [0.1, 0.15) is 0 Å². The van der Waals surface area contributed by atoms with Gasteiger partial charge in [-0.15, -0.1) is 0 Å². The molecule has 1 aliphatic rings. The summed E-state index contributed by atoms with van der Waals surface area (Å²) in [4.78, 5) is 24.0. The molecule has 4 nitrogen and oxygen atoms in total. The van der Waals surface area contributed by atoms with Gasteiger partial charge in [0.2, 0.25) is 5.91 Å². The van der Waals surface area contributed by atoms with Crippen molar-refractivity contribution in [2.24, 2.45) is 17.3 Å². The van der Waals surface area contributed by atoms with Crippen molar-refractivity contribution in [3.8, 4) is 0 Å². The number of carbonyl (C=O) groups excluding carboxylic acids is 1. The fraction of sp³-hybridized carbons (Fsp3) is 0.579. The van der Waals surface area contributed by atoms with E-state index in [0.29, 0.717) is 5.92 Å². The Morgan fingerprint density at radius 3 is 2.48 bits per heavy atom. The summed E-state index contributed by atoms with van der Waals surface area (Å²) in [6.45, 7) is 6.73. The van der Waals surface area contributed by atoms with E-state index in [9.17, 15) is 14.7 Å². The van der Waals surface area contributed by atoms with Crippen LogP contribution in [0.3, 0.4) is 0 Å². The van der Waals surface area contributed by atoms with E-state index in [4.69, 9.17) is 0 Å². The van der Waals surface area contributed by atoms with Crippen LogP contribution in [0.4, 0.5) is 0 Å². The number of carboxylic acid groups (broad SMARTS) is 1. The number of aliphatic carboxylic acids is 1. The zero-order chi connectivity index (χ0) is 17.0. The lowest BCUT2D eigenvalue weighted by molar-refractivity contribution is -0.138. The number of rotatable bonds is 5. The first-order valence-electron chi connectivity index (χ1n) is 8.34. The van der Waals surface area contributed by atoms with E-state index in [1.165, 1.54) is 0 Å². The number of hydrogen-bond donors (Lipinski definition) is 2. The zero-order valence-electron chi connectivity index (χ0n) is 14.2. The SMILES string of the molecule is CC1CC(C(=O)NCC(C(=O)O)c2ccccc2)CC(C)(C)C1. The van der Waals surface area contributed by atoms with E-state index >= 15 is 0 Å². The molecule has 0 aliphatic heterocycles. The van der Waals surface area contributed by atoms with E-state index in [1.54, 1.807) is 12.1 Å². The van der Waals surface area contributed by atoms with Crippen LogP contribution in [0.1, 0.15) is 51.5 Å². The summed E-state index contributed by atoms with van der Waals surface area (Å²) in [5.74, 6) is -1.10. The molecule has 0 bridgehead atoms. The Morgan fingerprint density at radius 1 is 1.26 bits per heavy atom. The predicted molar refractivity (Wildman–Crippen MR) is 90.1 cm³/mol. The quantitative estimate of drug-likeness (QED) is 0.874. The Kier molecular flexibility index (Phi) is 5.45. The van der Waals surface area contributed by atoms with E-state index in [-0.39, 0.29) is 23.8 Å². The zero-order valence-corrected chi connectivity index (χ0v) is 14.2. The molecule has 0 radical (unpaired) electrons. The number of amides is 1. The molecule has 23 heavy (non-hydrogen) atoms. The molecule has 3 unspecified atom stereocenters.